The van der Waals surface area contributed by atoms with E-state index in [0.717, 1.165) is 6.54 Å². The van der Waals surface area contributed by atoms with Crippen LogP contribution in [0.2, 0.25) is 0 Å². The summed E-state index contributed by atoms with van der Waals surface area (Å²) < 4.78 is 14.2. The molecule has 0 radical (unpaired) electrons. The molecule has 114 valence electrons. The maximum absolute atomic E-state index is 12.1. The fraction of sp³-hybridized carbons (Fsp3) is 1.00. The summed E-state index contributed by atoms with van der Waals surface area (Å²) in [5, 5.41) is 0. The second kappa shape index (κ2) is 8.41. The van der Waals surface area contributed by atoms with Crippen LogP contribution in [0.5, 0.6) is 0 Å². The normalized spacial score (nSPS) is 24.4. The molecule has 0 aromatic rings. The Morgan fingerprint density at radius 1 is 1.00 bits per heavy atom. The van der Waals surface area contributed by atoms with Crippen molar-refractivity contribution in [2.45, 2.75) is 96.3 Å². The molecule has 2 unspecified atom stereocenters. The molecule has 1 aliphatic rings. The van der Waals surface area contributed by atoms with Gasteiger partial charge in [0.05, 0.1) is 4.75 Å². The van der Waals surface area contributed by atoms with E-state index >= 15 is 0 Å². The Labute approximate surface area is 122 Å². The molecular formula is C16H33NOS. The summed E-state index contributed by atoms with van der Waals surface area (Å²) in [4.78, 5) is 0. The minimum Gasteiger partial charge on any atom is -0.242 e. The van der Waals surface area contributed by atoms with Crippen molar-refractivity contribution in [2.24, 2.45) is 0 Å². The predicted molar refractivity (Wildman–Crippen MR) is 85.6 cm³/mol. The fourth-order valence-electron chi connectivity index (χ4n) is 2.46. The SMILES string of the molecule is CCCCCCCCCC[C@@H]1CN1S(=O)C(C)(C)C. The monoisotopic (exact) mass is 287 g/mol. The van der Waals surface area contributed by atoms with Gasteiger partial charge in [0.2, 0.25) is 0 Å². The van der Waals surface area contributed by atoms with E-state index in [1.807, 2.05) is 0 Å². The first-order valence-corrected chi connectivity index (χ1v) is 9.26. The lowest BCUT2D eigenvalue weighted by atomic mass is 10.1. The molecule has 0 spiro atoms. The first-order chi connectivity index (χ1) is 8.96. The molecule has 1 saturated heterocycles. The number of rotatable bonds is 10. The highest BCUT2D eigenvalue weighted by Crippen LogP contribution is 2.30. The van der Waals surface area contributed by atoms with Crippen molar-refractivity contribution >= 4 is 11.0 Å². The van der Waals surface area contributed by atoms with Crippen molar-refractivity contribution in [1.29, 1.82) is 0 Å². The van der Waals surface area contributed by atoms with Crippen LogP contribution in [-0.2, 0) is 11.0 Å². The van der Waals surface area contributed by atoms with E-state index in [1.165, 1.54) is 57.8 Å². The van der Waals surface area contributed by atoms with E-state index < -0.39 is 11.0 Å². The standard InChI is InChI=1S/C16H33NOS/c1-5-6-7-8-9-10-11-12-13-15-14-17(15)19(18)16(2,3)4/h15H,5-14H2,1-4H3/t15-,17?,19?/m1/s1. The zero-order valence-corrected chi connectivity index (χ0v) is 14.2. The van der Waals surface area contributed by atoms with Gasteiger partial charge in [-0.1, -0.05) is 58.3 Å². The lowest BCUT2D eigenvalue weighted by Gasteiger charge is -2.18. The van der Waals surface area contributed by atoms with Gasteiger partial charge >= 0.3 is 0 Å². The Morgan fingerprint density at radius 3 is 2.05 bits per heavy atom. The van der Waals surface area contributed by atoms with E-state index in [2.05, 4.69) is 32.0 Å². The minimum absolute atomic E-state index is 0.0893. The van der Waals surface area contributed by atoms with Gasteiger partial charge in [0.1, 0.15) is 11.0 Å². The molecule has 3 atom stereocenters. The minimum atomic E-state index is -0.787. The fourth-order valence-corrected chi connectivity index (χ4v) is 3.85. The zero-order chi connectivity index (χ0) is 14.3. The van der Waals surface area contributed by atoms with E-state index in [4.69, 9.17) is 0 Å². The molecule has 0 saturated carbocycles. The number of nitrogens with zero attached hydrogens (tertiary/aromatic N) is 1. The van der Waals surface area contributed by atoms with Crippen LogP contribution in [0.1, 0.15) is 85.5 Å². The highest BCUT2D eigenvalue weighted by Gasteiger charge is 2.42. The Kier molecular flexibility index (Phi) is 7.60. The van der Waals surface area contributed by atoms with Gasteiger partial charge in [0.15, 0.2) is 0 Å². The first kappa shape index (κ1) is 17.2. The summed E-state index contributed by atoms with van der Waals surface area (Å²) in [7, 11) is -0.787. The molecule has 0 aromatic carbocycles. The Hall–Kier alpha value is 0.110. The van der Waals surface area contributed by atoms with Gasteiger partial charge in [-0.3, -0.25) is 0 Å². The molecule has 19 heavy (non-hydrogen) atoms. The van der Waals surface area contributed by atoms with E-state index in [9.17, 15) is 4.21 Å². The maximum atomic E-state index is 12.1. The average molecular weight is 288 g/mol. The lowest BCUT2D eigenvalue weighted by Crippen LogP contribution is -2.28. The maximum Gasteiger partial charge on any atom is 0.100 e. The van der Waals surface area contributed by atoms with Crippen LogP contribution in [0.25, 0.3) is 0 Å². The van der Waals surface area contributed by atoms with Crippen molar-refractivity contribution in [2.75, 3.05) is 6.54 Å². The largest absolute Gasteiger partial charge is 0.242 e. The molecule has 1 aliphatic heterocycles. The highest BCUT2D eigenvalue weighted by atomic mass is 32.2. The van der Waals surface area contributed by atoms with E-state index in [1.54, 1.807) is 0 Å². The van der Waals surface area contributed by atoms with Crippen molar-refractivity contribution < 1.29 is 4.21 Å². The number of hydrogen-bond donors (Lipinski definition) is 0. The molecule has 0 bridgehead atoms. The third-order valence-corrected chi connectivity index (χ3v) is 5.71. The van der Waals surface area contributed by atoms with Crippen LogP contribution < -0.4 is 0 Å². The molecule has 1 heterocycles. The van der Waals surface area contributed by atoms with Crippen LogP contribution in [0.15, 0.2) is 0 Å². The van der Waals surface area contributed by atoms with Gasteiger partial charge in [-0.05, 0) is 27.2 Å². The lowest BCUT2D eigenvalue weighted by molar-refractivity contribution is 0.547. The van der Waals surface area contributed by atoms with E-state index in [-0.39, 0.29) is 4.75 Å². The van der Waals surface area contributed by atoms with Crippen LogP contribution >= 0.6 is 0 Å². The topological polar surface area (TPSA) is 20.1 Å². The van der Waals surface area contributed by atoms with Gasteiger partial charge in [-0.25, -0.2) is 8.51 Å². The highest BCUT2D eigenvalue weighted by molar-refractivity contribution is 7.84. The molecule has 0 amide bonds. The van der Waals surface area contributed by atoms with Gasteiger partial charge in [0, 0.05) is 12.6 Å². The quantitative estimate of drug-likeness (QED) is 0.422. The number of unbranched alkanes of at least 4 members (excludes halogenated alkanes) is 7. The zero-order valence-electron chi connectivity index (χ0n) is 13.4. The van der Waals surface area contributed by atoms with Crippen LogP contribution in [0.4, 0.5) is 0 Å². The summed E-state index contributed by atoms with van der Waals surface area (Å²) in [5.41, 5.74) is 0. The van der Waals surface area contributed by atoms with Crippen molar-refractivity contribution in [3.63, 3.8) is 0 Å². The van der Waals surface area contributed by atoms with Crippen molar-refractivity contribution in [3.05, 3.63) is 0 Å². The van der Waals surface area contributed by atoms with Crippen LogP contribution in [0, 0.1) is 0 Å². The molecule has 0 N–H and O–H groups in total. The summed E-state index contributed by atoms with van der Waals surface area (Å²) in [6, 6.07) is 0.611. The van der Waals surface area contributed by atoms with Crippen molar-refractivity contribution in [1.82, 2.24) is 4.31 Å². The molecule has 2 nitrogen and oxygen atoms in total. The smallest absolute Gasteiger partial charge is 0.100 e. The van der Waals surface area contributed by atoms with Crippen molar-refractivity contribution in [3.8, 4) is 0 Å². The summed E-state index contributed by atoms with van der Waals surface area (Å²) >= 11 is 0. The summed E-state index contributed by atoms with van der Waals surface area (Å²) in [5.74, 6) is 0. The molecular weight excluding hydrogens is 254 g/mol. The van der Waals surface area contributed by atoms with Gasteiger partial charge in [0.25, 0.3) is 0 Å². The molecule has 0 aromatic heterocycles. The molecule has 3 heteroatoms. The average Bonchev–Trinajstić information content (AvgIpc) is 3.10. The molecule has 1 rings (SSSR count). The van der Waals surface area contributed by atoms with E-state index in [0.29, 0.717) is 6.04 Å². The number of hydrogen-bond acceptors (Lipinski definition) is 1. The second-order valence-corrected chi connectivity index (χ2v) is 9.07. The van der Waals surface area contributed by atoms with Gasteiger partial charge in [-0.2, -0.15) is 0 Å². The third kappa shape index (κ3) is 6.89. The van der Waals surface area contributed by atoms with Gasteiger partial charge in [-0.15, -0.1) is 0 Å². The third-order valence-electron chi connectivity index (χ3n) is 3.79. The van der Waals surface area contributed by atoms with Crippen LogP contribution in [-0.4, -0.2) is 25.8 Å². The Bertz CT molecular complexity index is 272. The first-order valence-electron chi connectivity index (χ1n) is 8.15. The Balaban J connectivity index is 1.94. The van der Waals surface area contributed by atoms with Crippen LogP contribution in [0.3, 0.4) is 0 Å². The second-order valence-electron chi connectivity index (χ2n) is 6.88. The summed E-state index contributed by atoms with van der Waals surface area (Å²) in [6.45, 7) is 9.52. The molecule has 1 fully saturated rings. The summed E-state index contributed by atoms with van der Waals surface area (Å²) in [6.07, 6.45) is 12.3. The van der Waals surface area contributed by atoms with Gasteiger partial charge < -0.3 is 0 Å². The Morgan fingerprint density at radius 2 is 1.53 bits per heavy atom. The predicted octanol–water partition coefficient (Wildman–Crippen LogP) is 4.66. The molecule has 0 aliphatic carbocycles.